The molecule has 0 unspecified atom stereocenters. The fraction of sp³-hybridized carbons (Fsp3) is 0.679. The second kappa shape index (κ2) is 11.1. The number of nitrogens with zero attached hydrogens (tertiary/aromatic N) is 1. The molecule has 0 N–H and O–H groups in total. The van der Waals surface area contributed by atoms with Gasteiger partial charge in [-0.1, -0.05) is 57.0 Å². The van der Waals surface area contributed by atoms with Crippen LogP contribution in [0.5, 0.6) is 0 Å². The van der Waals surface area contributed by atoms with E-state index in [4.69, 9.17) is 14.2 Å². The molecule has 194 valence electrons. The fourth-order valence-corrected chi connectivity index (χ4v) is 5.90. The molecule has 0 radical (unpaired) electrons. The van der Waals surface area contributed by atoms with Crippen molar-refractivity contribution in [1.82, 2.24) is 4.90 Å². The summed E-state index contributed by atoms with van der Waals surface area (Å²) in [7, 11) is 1.31. The molecule has 7 heteroatoms. The molecule has 5 atom stereocenters. The van der Waals surface area contributed by atoms with Crippen LogP contribution in [0.1, 0.15) is 72.3 Å². The minimum atomic E-state index is -1.02. The Hall–Kier alpha value is -2.41. The van der Waals surface area contributed by atoms with Crippen LogP contribution in [0.4, 0.5) is 4.79 Å². The number of fused-ring (bicyclic) bond motifs is 2. The van der Waals surface area contributed by atoms with Gasteiger partial charge in [-0.15, -0.1) is 0 Å². The van der Waals surface area contributed by atoms with Crippen LogP contribution in [0, 0.1) is 17.8 Å². The molecular weight excluding hydrogens is 446 g/mol. The third-order valence-electron chi connectivity index (χ3n) is 7.35. The molecule has 0 aromatic heterocycles. The lowest BCUT2D eigenvalue weighted by molar-refractivity contribution is -0.165. The summed E-state index contributed by atoms with van der Waals surface area (Å²) in [5, 5.41) is 0. The van der Waals surface area contributed by atoms with E-state index < -0.39 is 35.0 Å². The van der Waals surface area contributed by atoms with Gasteiger partial charge in [-0.05, 0) is 51.5 Å². The van der Waals surface area contributed by atoms with Crippen molar-refractivity contribution in [2.45, 2.75) is 90.5 Å². The van der Waals surface area contributed by atoms with Crippen molar-refractivity contribution in [1.29, 1.82) is 0 Å². The van der Waals surface area contributed by atoms with E-state index in [2.05, 4.69) is 6.92 Å². The molecule has 2 bridgehead atoms. The minimum Gasteiger partial charge on any atom is -0.468 e. The van der Waals surface area contributed by atoms with Crippen molar-refractivity contribution < 1.29 is 28.6 Å². The predicted octanol–water partition coefficient (Wildman–Crippen LogP) is 5.16. The molecule has 0 spiro atoms. The van der Waals surface area contributed by atoms with Gasteiger partial charge in [0.15, 0.2) is 5.78 Å². The summed E-state index contributed by atoms with van der Waals surface area (Å²) in [5.74, 6) is -2.43. The van der Waals surface area contributed by atoms with Crippen LogP contribution in [0.3, 0.4) is 0 Å². The van der Waals surface area contributed by atoms with Gasteiger partial charge in [-0.25, -0.2) is 4.79 Å². The van der Waals surface area contributed by atoms with E-state index in [-0.39, 0.29) is 17.7 Å². The first-order chi connectivity index (χ1) is 16.6. The number of methoxy groups -OCH3 is 1. The van der Waals surface area contributed by atoms with Crippen LogP contribution < -0.4 is 0 Å². The summed E-state index contributed by atoms with van der Waals surface area (Å²) in [5.41, 5.74) is -0.546. The number of ketones is 1. The van der Waals surface area contributed by atoms with E-state index in [9.17, 15) is 14.4 Å². The van der Waals surface area contributed by atoms with Crippen LogP contribution in [-0.2, 0) is 30.4 Å². The van der Waals surface area contributed by atoms with Gasteiger partial charge in [-0.2, -0.15) is 0 Å². The van der Waals surface area contributed by atoms with Gasteiger partial charge in [0.05, 0.1) is 25.9 Å². The number of ether oxygens (including phenoxy) is 3. The average Bonchev–Trinajstić information content (AvgIpc) is 3.11. The lowest BCUT2D eigenvalue weighted by Gasteiger charge is -2.51. The quantitative estimate of drug-likeness (QED) is 0.354. The number of carbonyl (C=O) groups excluding carboxylic acids is 3. The number of Topliss-reactive ketones (excluding diaryl/α,β-unsaturated/α-hetero) is 1. The SMILES string of the molecule is CCCC[C@@]12CC[C@@H]([C@@H]([C@H](C)COCc3ccccc3)C(=O)[C@H]1C(=O)OC)N2C(=O)OC(C)(C)C. The molecule has 1 aromatic carbocycles. The number of esters is 1. The van der Waals surface area contributed by atoms with Crippen LogP contribution in [0.25, 0.3) is 0 Å². The van der Waals surface area contributed by atoms with Gasteiger partial charge in [0.1, 0.15) is 11.5 Å². The Bertz CT molecular complexity index is 894. The topological polar surface area (TPSA) is 82.1 Å². The van der Waals surface area contributed by atoms with Gasteiger partial charge >= 0.3 is 12.1 Å². The number of amides is 1. The van der Waals surface area contributed by atoms with Gasteiger partial charge < -0.3 is 14.2 Å². The van der Waals surface area contributed by atoms with Gasteiger partial charge in [-0.3, -0.25) is 14.5 Å². The predicted molar refractivity (Wildman–Crippen MR) is 133 cm³/mol. The Morgan fingerprint density at radius 3 is 2.49 bits per heavy atom. The van der Waals surface area contributed by atoms with Crippen molar-refractivity contribution in [2.75, 3.05) is 13.7 Å². The molecule has 7 nitrogen and oxygen atoms in total. The molecular formula is C28H41NO6. The Morgan fingerprint density at radius 1 is 1.20 bits per heavy atom. The molecule has 1 amide bonds. The first kappa shape index (κ1) is 27.2. The highest BCUT2D eigenvalue weighted by Crippen LogP contribution is 2.53. The van der Waals surface area contributed by atoms with Gasteiger partial charge in [0.25, 0.3) is 0 Å². The number of unbranched alkanes of at least 4 members (excludes halogenated alkanes) is 1. The van der Waals surface area contributed by atoms with E-state index >= 15 is 0 Å². The molecule has 2 aliphatic heterocycles. The third kappa shape index (κ3) is 5.71. The van der Waals surface area contributed by atoms with E-state index in [1.165, 1.54) is 7.11 Å². The largest absolute Gasteiger partial charge is 0.468 e. The van der Waals surface area contributed by atoms with E-state index in [0.29, 0.717) is 32.5 Å². The second-order valence-corrected chi connectivity index (χ2v) is 11.0. The van der Waals surface area contributed by atoms with Crippen molar-refractivity contribution in [2.24, 2.45) is 17.8 Å². The van der Waals surface area contributed by atoms with E-state index in [1.54, 1.807) is 4.90 Å². The lowest BCUT2D eigenvalue weighted by Crippen LogP contribution is -2.67. The molecule has 2 aliphatic rings. The monoisotopic (exact) mass is 487 g/mol. The summed E-state index contributed by atoms with van der Waals surface area (Å²) in [6.45, 7) is 10.3. The number of carbonyl (C=O) groups is 3. The minimum absolute atomic E-state index is 0.133. The molecule has 1 aromatic rings. The number of hydrogen-bond donors (Lipinski definition) is 0. The van der Waals surface area contributed by atoms with E-state index in [0.717, 1.165) is 18.4 Å². The zero-order valence-corrected chi connectivity index (χ0v) is 22.0. The summed E-state index contributed by atoms with van der Waals surface area (Å²) in [4.78, 5) is 42.4. The first-order valence-electron chi connectivity index (χ1n) is 12.8. The summed E-state index contributed by atoms with van der Waals surface area (Å²) in [6, 6.07) is 9.53. The summed E-state index contributed by atoms with van der Waals surface area (Å²) < 4.78 is 16.9. The Labute approximate surface area is 209 Å². The Morgan fingerprint density at radius 2 is 1.89 bits per heavy atom. The normalized spacial score (nSPS) is 27.0. The van der Waals surface area contributed by atoms with E-state index in [1.807, 2.05) is 58.0 Å². The van der Waals surface area contributed by atoms with Crippen molar-refractivity contribution >= 4 is 17.8 Å². The van der Waals surface area contributed by atoms with Gasteiger partial charge in [0, 0.05) is 12.0 Å². The van der Waals surface area contributed by atoms with Crippen molar-refractivity contribution in [3.63, 3.8) is 0 Å². The molecule has 0 aliphatic carbocycles. The van der Waals surface area contributed by atoms with Crippen LogP contribution in [-0.4, -0.2) is 53.6 Å². The first-order valence-corrected chi connectivity index (χ1v) is 12.8. The zero-order chi connectivity index (χ0) is 25.8. The number of benzene rings is 1. The van der Waals surface area contributed by atoms with Crippen molar-refractivity contribution in [3.05, 3.63) is 35.9 Å². The number of rotatable bonds is 9. The molecule has 0 saturated carbocycles. The highest BCUT2D eigenvalue weighted by molar-refractivity contribution is 6.04. The number of hydrogen-bond acceptors (Lipinski definition) is 6. The standard InChI is InChI=1S/C28H41NO6/c1-7-8-15-28-16-14-21(29(28)26(32)35-27(3,4)5)22(24(30)23(28)25(31)33-6)19(2)17-34-18-20-12-10-9-11-13-20/h9-13,19,21-23H,7-8,14-18H2,1-6H3/t19-,21+,22-,23+,28-/m1/s1. The molecule has 2 saturated heterocycles. The highest BCUT2D eigenvalue weighted by Gasteiger charge is 2.66. The zero-order valence-electron chi connectivity index (χ0n) is 22.0. The Kier molecular flexibility index (Phi) is 8.63. The fourth-order valence-electron chi connectivity index (χ4n) is 5.90. The lowest BCUT2D eigenvalue weighted by atomic mass is 9.68. The summed E-state index contributed by atoms with van der Waals surface area (Å²) >= 11 is 0. The smallest absolute Gasteiger partial charge is 0.411 e. The third-order valence-corrected chi connectivity index (χ3v) is 7.35. The van der Waals surface area contributed by atoms with Crippen molar-refractivity contribution in [3.8, 4) is 0 Å². The van der Waals surface area contributed by atoms with Gasteiger partial charge in [0.2, 0.25) is 0 Å². The van der Waals surface area contributed by atoms with Crippen LogP contribution in [0.15, 0.2) is 30.3 Å². The number of piperidine rings is 1. The average molecular weight is 488 g/mol. The maximum atomic E-state index is 13.9. The molecule has 2 fully saturated rings. The second-order valence-electron chi connectivity index (χ2n) is 11.0. The summed E-state index contributed by atoms with van der Waals surface area (Å²) in [6.07, 6.45) is 3.03. The maximum absolute atomic E-state index is 13.9. The molecule has 3 rings (SSSR count). The van der Waals surface area contributed by atoms with Crippen LogP contribution in [0.2, 0.25) is 0 Å². The maximum Gasteiger partial charge on any atom is 0.411 e. The highest BCUT2D eigenvalue weighted by atomic mass is 16.6. The Balaban J connectivity index is 1.93. The molecule has 35 heavy (non-hydrogen) atoms. The van der Waals surface area contributed by atoms with Crippen LogP contribution >= 0.6 is 0 Å². The molecule has 2 heterocycles.